The zero-order valence-electron chi connectivity index (χ0n) is 2.86. The molecule has 0 aromatic rings. The lowest BCUT2D eigenvalue weighted by Crippen LogP contribution is -2.26. The second kappa shape index (κ2) is 0.980. The standard InChI is InChI=1S/C3H2ClNO/c4-2-1-5-3(2)6/h1H,(H,5,6). The molecule has 0 spiro atoms. The van der Waals surface area contributed by atoms with Gasteiger partial charge in [0, 0.05) is 6.20 Å². The van der Waals surface area contributed by atoms with Gasteiger partial charge in [-0.25, -0.2) is 0 Å². The van der Waals surface area contributed by atoms with Crippen LogP contribution in [0.3, 0.4) is 0 Å². The van der Waals surface area contributed by atoms with E-state index in [4.69, 9.17) is 11.6 Å². The number of halogens is 1. The van der Waals surface area contributed by atoms with Gasteiger partial charge in [-0.1, -0.05) is 11.6 Å². The van der Waals surface area contributed by atoms with Gasteiger partial charge in [-0.05, 0) is 0 Å². The molecule has 1 aliphatic heterocycles. The van der Waals surface area contributed by atoms with Crippen LogP contribution in [0.1, 0.15) is 0 Å². The van der Waals surface area contributed by atoms with Gasteiger partial charge in [0.15, 0.2) is 0 Å². The molecule has 1 aliphatic rings. The van der Waals surface area contributed by atoms with Gasteiger partial charge in [-0.3, -0.25) is 4.79 Å². The minimum atomic E-state index is -0.184. The third-order valence-electron chi connectivity index (χ3n) is 0.547. The van der Waals surface area contributed by atoms with Crippen LogP contribution in [-0.2, 0) is 4.79 Å². The van der Waals surface area contributed by atoms with Crippen LogP contribution in [0.4, 0.5) is 0 Å². The molecule has 2 nitrogen and oxygen atoms in total. The summed E-state index contributed by atoms with van der Waals surface area (Å²) in [7, 11) is 0. The molecule has 0 aliphatic carbocycles. The second-order valence-electron chi connectivity index (χ2n) is 0.966. The number of hydrogen-bond donors (Lipinski definition) is 1. The Kier molecular flexibility index (Phi) is 0.601. The Balaban J connectivity index is 2.75. The van der Waals surface area contributed by atoms with Crippen LogP contribution in [0.25, 0.3) is 0 Å². The van der Waals surface area contributed by atoms with Gasteiger partial charge in [-0.15, -0.1) is 0 Å². The fourth-order valence-electron chi connectivity index (χ4n) is 0.186. The van der Waals surface area contributed by atoms with Crippen molar-refractivity contribution in [2.45, 2.75) is 0 Å². The summed E-state index contributed by atoms with van der Waals surface area (Å²) in [4.78, 5) is 9.92. The summed E-state index contributed by atoms with van der Waals surface area (Å²) in [5.41, 5.74) is 0. The van der Waals surface area contributed by atoms with E-state index in [0.29, 0.717) is 0 Å². The number of rotatable bonds is 0. The second-order valence-corrected chi connectivity index (χ2v) is 1.37. The molecule has 1 N–H and O–H groups in total. The predicted octanol–water partition coefficient (Wildman–Crippen LogP) is 0.196. The first-order valence-electron chi connectivity index (χ1n) is 1.47. The van der Waals surface area contributed by atoms with Crippen LogP contribution >= 0.6 is 11.6 Å². The smallest absolute Gasteiger partial charge is 0.268 e. The molecule has 0 atom stereocenters. The van der Waals surface area contributed by atoms with Crippen molar-refractivity contribution in [1.29, 1.82) is 0 Å². The minimum absolute atomic E-state index is 0.184. The highest BCUT2D eigenvalue weighted by molar-refractivity contribution is 6.44. The van der Waals surface area contributed by atoms with Gasteiger partial charge >= 0.3 is 0 Å². The number of carbonyl (C=O) groups is 1. The molecule has 1 rings (SSSR count). The fraction of sp³-hybridized carbons (Fsp3) is 0. The predicted molar refractivity (Wildman–Crippen MR) is 22.1 cm³/mol. The Bertz CT molecular complexity index is 118. The van der Waals surface area contributed by atoms with Crippen LogP contribution in [-0.4, -0.2) is 5.91 Å². The number of carbonyl (C=O) groups excluding carboxylic acids is 1. The summed E-state index contributed by atoms with van der Waals surface area (Å²) in [5, 5.41) is 2.61. The van der Waals surface area contributed by atoms with Crippen LogP contribution in [0, 0.1) is 0 Å². The van der Waals surface area contributed by atoms with Crippen LogP contribution < -0.4 is 5.32 Å². The van der Waals surface area contributed by atoms with E-state index in [-0.39, 0.29) is 10.9 Å². The van der Waals surface area contributed by atoms with Crippen molar-refractivity contribution in [3.8, 4) is 0 Å². The highest BCUT2D eigenvalue weighted by atomic mass is 35.5. The summed E-state index contributed by atoms with van der Waals surface area (Å²) in [6, 6.07) is 0. The van der Waals surface area contributed by atoms with Crippen molar-refractivity contribution in [3.05, 3.63) is 11.2 Å². The summed E-state index contributed by atoms with van der Waals surface area (Å²) in [6.45, 7) is 0. The van der Waals surface area contributed by atoms with E-state index in [1.165, 1.54) is 6.20 Å². The van der Waals surface area contributed by atoms with Gasteiger partial charge in [0.05, 0.1) is 0 Å². The van der Waals surface area contributed by atoms with Crippen molar-refractivity contribution in [2.24, 2.45) is 0 Å². The Morgan fingerprint density at radius 2 is 2.33 bits per heavy atom. The molecule has 1 amide bonds. The van der Waals surface area contributed by atoms with Crippen molar-refractivity contribution in [2.75, 3.05) is 0 Å². The average molecular weight is 104 g/mol. The van der Waals surface area contributed by atoms with E-state index in [1.54, 1.807) is 0 Å². The molecule has 0 aromatic heterocycles. The molecule has 0 bridgehead atoms. The molecule has 32 valence electrons. The molecule has 1 heterocycles. The summed E-state index contributed by atoms with van der Waals surface area (Å²) in [5.74, 6) is -0.184. The van der Waals surface area contributed by atoms with Gasteiger partial charge < -0.3 is 5.32 Å². The van der Waals surface area contributed by atoms with E-state index in [1.807, 2.05) is 0 Å². The molecule has 6 heavy (non-hydrogen) atoms. The molecule has 0 radical (unpaired) electrons. The third kappa shape index (κ3) is 0.303. The van der Waals surface area contributed by atoms with Crippen LogP contribution in [0.2, 0.25) is 0 Å². The van der Waals surface area contributed by atoms with Gasteiger partial charge in [0.25, 0.3) is 5.91 Å². The van der Waals surface area contributed by atoms with Crippen molar-refractivity contribution in [1.82, 2.24) is 5.32 Å². The average Bonchev–Trinajstić information content (AvgIpc) is 1.61. The Labute approximate surface area is 39.8 Å². The lowest BCUT2D eigenvalue weighted by atomic mass is 10.4. The van der Waals surface area contributed by atoms with E-state index >= 15 is 0 Å². The molecular formula is C3H2ClNO. The first kappa shape index (κ1) is 3.68. The maximum Gasteiger partial charge on any atom is 0.268 e. The highest BCUT2D eigenvalue weighted by Crippen LogP contribution is 2.05. The maximum atomic E-state index is 9.92. The lowest BCUT2D eigenvalue weighted by Gasteiger charge is -2.05. The SMILES string of the molecule is O=C1NC=C1Cl. The number of amides is 1. The first-order chi connectivity index (χ1) is 2.80. The normalized spacial score (nSPS) is 18.2. The number of nitrogens with one attached hydrogen (secondary N) is 1. The van der Waals surface area contributed by atoms with Crippen LogP contribution in [0.15, 0.2) is 11.2 Å². The fourth-order valence-corrected chi connectivity index (χ4v) is 0.295. The molecule has 0 saturated heterocycles. The molecule has 0 aromatic carbocycles. The van der Waals surface area contributed by atoms with E-state index in [9.17, 15) is 4.79 Å². The number of hydrogen-bond acceptors (Lipinski definition) is 1. The summed E-state index contributed by atoms with van der Waals surface area (Å²) < 4.78 is 0. The van der Waals surface area contributed by atoms with Crippen LogP contribution in [0.5, 0.6) is 0 Å². The van der Waals surface area contributed by atoms with Crippen molar-refractivity contribution in [3.63, 3.8) is 0 Å². The molecule has 0 unspecified atom stereocenters. The largest absolute Gasteiger partial charge is 0.326 e. The zero-order valence-corrected chi connectivity index (χ0v) is 3.62. The monoisotopic (exact) mass is 103 g/mol. The minimum Gasteiger partial charge on any atom is -0.326 e. The quantitative estimate of drug-likeness (QED) is 0.466. The van der Waals surface area contributed by atoms with E-state index in [2.05, 4.69) is 5.32 Å². The maximum absolute atomic E-state index is 9.92. The Morgan fingerprint density at radius 3 is 2.33 bits per heavy atom. The third-order valence-corrected chi connectivity index (χ3v) is 0.828. The first-order valence-corrected chi connectivity index (χ1v) is 1.85. The molecular weight excluding hydrogens is 101 g/mol. The lowest BCUT2D eigenvalue weighted by molar-refractivity contribution is -0.117. The Hall–Kier alpha value is -0.500. The molecule has 3 heteroatoms. The summed E-state index contributed by atoms with van der Waals surface area (Å²) in [6.07, 6.45) is 1.45. The Morgan fingerprint density at radius 1 is 1.83 bits per heavy atom. The highest BCUT2D eigenvalue weighted by Gasteiger charge is 2.11. The van der Waals surface area contributed by atoms with Gasteiger partial charge in [-0.2, -0.15) is 0 Å². The molecule has 0 saturated carbocycles. The summed E-state index contributed by atoms with van der Waals surface area (Å²) >= 11 is 5.15. The van der Waals surface area contributed by atoms with E-state index < -0.39 is 0 Å². The van der Waals surface area contributed by atoms with Gasteiger partial charge in [0.2, 0.25) is 0 Å². The van der Waals surface area contributed by atoms with Crippen molar-refractivity contribution >= 4 is 17.5 Å². The van der Waals surface area contributed by atoms with Crippen molar-refractivity contribution < 1.29 is 4.79 Å². The zero-order chi connectivity index (χ0) is 4.57. The van der Waals surface area contributed by atoms with Gasteiger partial charge in [0.1, 0.15) is 5.03 Å². The van der Waals surface area contributed by atoms with E-state index in [0.717, 1.165) is 0 Å². The molecule has 0 fully saturated rings. The topological polar surface area (TPSA) is 29.1 Å².